The van der Waals surface area contributed by atoms with Gasteiger partial charge in [-0.25, -0.2) is 9.37 Å². The van der Waals surface area contributed by atoms with E-state index in [0.29, 0.717) is 16.4 Å². The van der Waals surface area contributed by atoms with Gasteiger partial charge in [-0.3, -0.25) is 0 Å². The molecule has 0 aliphatic heterocycles. The zero-order valence-electron chi connectivity index (χ0n) is 11.1. The molecule has 104 valence electrons. The molecule has 3 nitrogen and oxygen atoms in total. The first-order chi connectivity index (χ1) is 10.2. The molecule has 2 aromatic carbocycles. The number of hydrogen-bond acceptors (Lipinski definition) is 2. The summed E-state index contributed by atoms with van der Waals surface area (Å²) >= 11 is 6.09. The first-order valence-corrected chi connectivity index (χ1v) is 6.82. The Labute approximate surface area is 126 Å². The van der Waals surface area contributed by atoms with Gasteiger partial charge in [0.05, 0.1) is 30.1 Å². The highest BCUT2D eigenvalue weighted by atomic mass is 35.5. The van der Waals surface area contributed by atoms with Crippen molar-refractivity contribution in [1.29, 1.82) is 5.26 Å². The summed E-state index contributed by atoms with van der Waals surface area (Å²) in [6, 6.07) is 14.2. The molecule has 0 N–H and O–H groups in total. The Balaban J connectivity index is 2.15. The summed E-state index contributed by atoms with van der Waals surface area (Å²) in [5, 5.41) is 9.31. The van der Waals surface area contributed by atoms with Crippen LogP contribution < -0.4 is 0 Å². The number of fused-ring (bicyclic) bond motifs is 1. The Hall–Kier alpha value is -2.38. The Morgan fingerprint density at radius 2 is 2.00 bits per heavy atom. The Morgan fingerprint density at radius 1 is 1.19 bits per heavy atom. The predicted octanol–water partition coefficient (Wildman–Crippen LogP) is 3.94. The van der Waals surface area contributed by atoms with Crippen molar-refractivity contribution in [1.82, 2.24) is 9.55 Å². The van der Waals surface area contributed by atoms with E-state index in [1.54, 1.807) is 12.1 Å². The van der Waals surface area contributed by atoms with E-state index in [2.05, 4.69) is 11.1 Å². The zero-order chi connectivity index (χ0) is 14.8. The van der Waals surface area contributed by atoms with Gasteiger partial charge in [0.2, 0.25) is 0 Å². The van der Waals surface area contributed by atoms with Crippen molar-refractivity contribution in [3.05, 3.63) is 64.7 Å². The molecule has 3 rings (SSSR count). The standard InChI is InChI=1S/C16H11ClFN3/c17-12-4-3-5-13(18)11(12)10-21-15-7-2-1-6-14(15)20-16(21)8-9-19/h1-7H,8,10H2. The number of nitrogens with zero attached hydrogens (tertiary/aromatic N) is 3. The summed E-state index contributed by atoms with van der Waals surface area (Å²) in [6.45, 7) is 0.253. The highest BCUT2D eigenvalue weighted by Crippen LogP contribution is 2.24. The number of nitriles is 1. The monoisotopic (exact) mass is 299 g/mol. The molecule has 21 heavy (non-hydrogen) atoms. The molecule has 1 heterocycles. The van der Waals surface area contributed by atoms with Crippen molar-refractivity contribution in [2.75, 3.05) is 0 Å². The number of benzene rings is 2. The van der Waals surface area contributed by atoms with E-state index in [-0.39, 0.29) is 18.8 Å². The fourth-order valence-corrected chi connectivity index (χ4v) is 2.57. The van der Waals surface area contributed by atoms with Crippen molar-refractivity contribution < 1.29 is 4.39 Å². The third-order valence-electron chi connectivity index (χ3n) is 3.35. The molecular formula is C16H11ClFN3. The fraction of sp³-hybridized carbons (Fsp3) is 0.125. The summed E-state index contributed by atoms with van der Waals surface area (Å²) in [5.74, 6) is 0.251. The van der Waals surface area contributed by atoms with E-state index in [1.165, 1.54) is 6.07 Å². The van der Waals surface area contributed by atoms with Crippen LogP contribution in [0.3, 0.4) is 0 Å². The maximum absolute atomic E-state index is 14.0. The average Bonchev–Trinajstić information content (AvgIpc) is 2.81. The Morgan fingerprint density at radius 3 is 2.76 bits per heavy atom. The fourth-order valence-electron chi connectivity index (χ4n) is 2.35. The molecule has 5 heteroatoms. The molecule has 0 atom stereocenters. The van der Waals surface area contributed by atoms with Crippen LogP contribution in [0.1, 0.15) is 11.4 Å². The van der Waals surface area contributed by atoms with Crippen molar-refractivity contribution in [3.8, 4) is 6.07 Å². The molecule has 1 aromatic heterocycles. The summed E-state index contributed by atoms with van der Waals surface area (Å²) in [6.07, 6.45) is 0.167. The molecule has 3 aromatic rings. The molecule has 0 amide bonds. The molecule has 0 aliphatic carbocycles. The normalized spacial score (nSPS) is 10.7. The summed E-state index contributed by atoms with van der Waals surface area (Å²) in [4.78, 5) is 4.43. The smallest absolute Gasteiger partial charge is 0.129 e. The lowest BCUT2D eigenvalue weighted by molar-refractivity contribution is 0.599. The minimum absolute atomic E-state index is 0.167. The van der Waals surface area contributed by atoms with Gasteiger partial charge in [-0.15, -0.1) is 0 Å². The van der Waals surface area contributed by atoms with Crippen LogP contribution in [-0.4, -0.2) is 9.55 Å². The molecule has 0 bridgehead atoms. The molecule has 0 fully saturated rings. The lowest BCUT2D eigenvalue weighted by atomic mass is 10.2. The number of imidazole rings is 1. The first-order valence-electron chi connectivity index (χ1n) is 6.44. The summed E-state index contributed by atoms with van der Waals surface area (Å²) < 4.78 is 15.8. The van der Waals surface area contributed by atoms with Crippen LogP contribution >= 0.6 is 11.6 Å². The van der Waals surface area contributed by atoms with Crippen LogP contribution in [-0.2, 0) is 13.0 Å². The van der Waals surface area contributed by atoms with Gasteiger partial charge in [-0.2, -0.15) is 5.26 Å². The van der Waals surface area contributed by atoms with Gasteiger partial charge in [-0.1, -0.05) is 29.8 Å². The maximum atomic E-state index is 14.0. The van der Waals surface area contributed by atoms with E-state index in [0.717, 1.165) is 11.0 Å². The number of halogens is 2. The van der Waals surface area contributed by atoms with Crippen molar-refractivity contribution >= 4 is 22.6 Å². The van der Waals surface area contributed by atoms with E-state index >= 15 is 0 Å². The lowest BCUT2D eigenvalue weighted by Gasteiger charge is -2.10. The minimum Gasteiger partial charge on any atom is -0.322 e. The van der Waals surface area contributed by atoms with Crippen LogP contribution in [0.4, 0.5) is 4.39 Å². The molecule has 0 radical (unpaired) electrons. The molecule has 0 saturated heterocycles. The highest BCUT2D eigenvalue weighted by Gasteiger charge is 2.14. The largest absolute Gasteiger partial charge is 0.322 e. The second-order valence-corrected chi connectivity index (χ2v) is 5.05. The minimum atomic E-state index is -0.358. The first kappa shape index (κ1) is 13.6. The second-order valence-electron chi connectivity index (χ2n) is 4.64. The number of para-hydroxylation sites is 2. The average molecular weight is 300 g/mol. The molecule has 0 spiro atoms. The van der Waals surface area contributed by atoms with Crippen LogP contribution in [0.25, 0.3) is 11.0 Å². The lowest BCUT2D eigenvalue weighted by Crippen LogP contribution is -2.07. The van der Waals surface area contributed by atoms with Crippen LogP contribution in [0, 0.1) is 17.1 Å². The van der Waals surface area contributed by atoms with E-state index in [4.69, 9.17) is 16.9 Å². The quantitative estimate of drug-likeness (QED) is 0.735. The van der Waals surface area contributed by atoms with E-state index in [9.17, 15) is 4.39 Å². The maximum Gasteiger partial charge on any atom is 0.129 e. The van der Waals surface area contributed by atoms with Gasteiger partial charge in [0.15, 0.2) is 0 Å². The van der Waals surface area contributed by atoms with Crippen molar-refractivity contribution in [2.24, 2.45) is 0 Å². The van der Waals surface area contributed by atoms with Gasteiger partial charge in [0, 0.05) is 10.6 Å². The third-order valence-corrected chi connectivity index (χ3v) is 3.70. The Kier molecular flexibility index (Phi) is 3.59. The third kappa shape index (κ3) is 2.48. The number of aromatic nitrogens is 2. The van der Waals surface area contributed by atoms with Crippen molar-refractivity contribution in [2.45, 2.75) is 13.0 Å². The predicted molar refractivity (Wildman–Crippen MR) is 79.6 cm³/mol. The second kappa shape index (κ2) is 5.55. The molecule has 0 aliphatic rings. The van der Waals surface area contributed by atoms with Gasteiger partial charge in [0.25, 0.3) is 0 Å². The van der Waals surface area contributed by atoms with Gasteiger partial charge >= 0.3 is 0 Å². The number of hydrogen-bond donors (Lipinski definition) is 0. The van der Waals surface area contributed by atoms with Crippen molar-refractivity contribution in [3.63, 3.8) is 0 Å². The van der Waals surface area contributed by atoms with Crippen LogP contribution in [0.2, 0.25) is 5.02 Å². The molecule has 0 unspecified atom stereocenters. The van der Waals surface area contributed by atoms with Crippen LogP contribution in [0.5, 0.6) is 0 Å². The molecular weight excluding hydrogens is 289 g/mol. The zero-order valence-corrected chi connectivity index (χ0v) is 11.8. The number of rotatable bonds is 3. The van der Waals surface area contributed by atoms with Gasteiger partial charge in [0.1, 0.15) is 11.6 Å². The topological polar surface area (TPSA) is 41.6 Å². The Bertz CT molecular complexity index is 828. The highest BCUT2D eigenvalue weighted by molar-refractivity contribution is 6.31. The molecule has 0 saturated carbocycles. The SMILES string of the molecule is N#CCc1nc2ccccc2n1Cc1c(F)cccc1Cl. The van der Waals surface area contributed by atoms with Crippen LogP contribution in [0.15, 0.2) is 42.5 Å². The van der Waals surface area contributed by atoms with E-state index < -0.39 is 0 Å². The van der Waals surface area contributed by atoms with Gasteiger partial charge in [-0.05, 0) is 24.3 Å². The van der Waals surface area contributed by atoms with Gasteiger partial charge < -0.3 is 4.57 Å². The summed E-state index contributed by atoms with van der Waals surface area (Å²) in [7, 11) is 0. The summed E-state index contributed by atoms with van der Waals surface area (Å²) in [5.41, 5.74) is 2.05. The van der Waals surface area contributed by atoms with E-state index in [1.807, 2.05) is 28.8 Å².